The van der Waals surface area contributed by atoms with Crippen LogP contribution in [0.1, 0.15) is 17.5 Å². The second kappa shape index (κ2) is 4.69. The molecule has 3 heteroatoms. The number of halogens is 1. The lowest BCUT2D eigenvalue weighted by Gasteiger charge is -2.02. The first kappa shape index (κ1) is 10.6. The smallest absolute Gasteiger partial charge is 0.131 e. The second-order valence-corrected chi connectivity index (χ2v) is 3.27. The summed E-state index contributed by atoms with van der Waals surface area (Å²) in [5.74, 6) is 5.51. The first-order valence-corrected chi connectivity index (χ1v) is 4.51. The Hall–Kier alpha value is -1.46. The zero-order valence-electron chi connectivity index (χ0n) is 7.80. The van der Waals surface area contributed by atoms with E-state index in [-0.39, 0.29) is 6.42 Å². The van der Waals surface area contributed by atoms with Gasteiger partial charge in [-0.05, 0) is 24.6 Å². The highest BCUT2D eigenvalue weighted by atomic mass is 35.5. The van der Waals surface area contributed by atoms with Gasteiger partial charge in [0.15, 0.2) is 0 Å². The number of carbonyl (C=O) groups is 1. The van der Waals surface area contributed by atoms with E-state index < -0.39 is 0 Å². The number of nitrogen functional groups attached to an aromatic ring is 1. The van der Waals surface area contributed by atoms with E-state index in [1.807, 2.05) is 13.0 Å². The van der Waals surface area contributed by atoms with E-state index in [1.54, 1.807) is 6.07 Å². The topological polar surface area (TPSA) is 43.1 Å². The third-order valence-electron chi connectivity index (χ3n) is 1.76. The summed E-state index contributed by atoms with van der Waals surface area (Å²) in [7, 11) is 0. The molecule has 0 spiro atoms. The van der Waals surface area contributed by atoms with Crippen molar-refractivity contribution < 1.29 is 4.79 Å². The summed E-state index contributed by atoms with van der Waals surface area (Å²) in [5, 5.41) is 0.520. The van der Waals surface area contributed by atoms with E-state index in [2.05, 4.69) is 11.8 Å². The van der Waals surface area contributed by atoms with Crippen LogP contribution in [0.5, 0.6) is 0 Å². The van der Waals surface area contributed by atoms with Gasteiger partial charge in [0.1, 0.15) is 6.29 Å². The molecule has 0 radical (unpaired) electrons. The van der Waals surface area contributed by atoms with Crippen molar-refractivity contribution in [3.63, 3.8) is 0 Å². The standard InChI is InChI=1S/C11H10ClNO/c1-8-6-9(4-2-3-5-14)10(12)7-11(8)13/h5-7H,3,13H2,1H3. The third-order valence-corrected chi connectivity index (χ3v) is 2.08. The Kier molecular flexibility index (Phi) is 3.55. The van der Waals surface area contributed by atoms with Crippen molar-refractivity contribution in [2.45, 2.75) is 13.3 Å². The highest BCUT2D eigenvalue weighted by molar-refractivity contribution is 6.32. The quantitative estimate of drug-likeness (QED) is 0.436. The summed E-state index contributed by atoms with van der Waals surface area (Å²) in [5.41, 5.74) is 7.95. The van der Waals surface area contributed by atoms with Gasteiger partial charge >= 0.3 is 0 Å². The van der Waals surface area contributed by atoms with E-state index >= 15 is 0 Å². The number of anilines is 1. The Morgan fingerprint density at radius 1 is 1.57 bits per heavy atom. The molecule has 2 nitrogen and oxygen atoms in total. The minimum atomic E-state index is 0.222. The fourth-order valence-electron chi connectivity index (χ4n) is 0.981. The van der Waals surface area contributed by atoms with E-state index in [1.165, 1.54) is 0 Å². The number of aldehydes is 1. The molecule has 72 valence electrons. The van der Waals surface area contributed by atoms with Crippen LogP contribution >= 0.6 is 11.6 Å². The van der Waals surface area contributed by atoms with Crippen molar-refractivity contribution in [3.05, 3.63) is 28.3 Å². The minimum absolute atomic E-state index is 0.222. The average molecular weight is 208 g/mol. The van der Waals surface area contributed by atoms with Gasteiger partial charge in [-0.25, -0.2) is 0 Å². The summed E-state index contributed by atoms with van der Waals surface area (Å²) in [6.07, 6.45) is 0.977. The Balaban J connectivity index is 3.05. The number of hydrogen-bond acceptors (Lipinski definition) is 2. The zero-order valence-corrected chi connectivity index (χ0v) is 8.56. The second-order valence-electron chi connectivity index (χ2n) is 2.86. The van der Waals surface area contributed by atoms with Crippen molar-refractivity contribution in [3.8, 4) is 11.8 Å². The maximum atomic E-state index is 10.0. The SMILES string of the molecule is Cc1cc(C#CCC=O)c(Cl)cc1N. The number of hydrogen-bond donors (Lipinski definition) is 1. The average Bonchev–Trinajstić information content (AvgIpc) is 2.14. The summed E-state index contributed by atoms with van der Waals surface area (Å²) < 4.78 is 0. The fraction of sp³-hybridized carbons (Fsp3) is 0.182. The molecule has 0 aliphatic rings. The van der Waals surface area contributed by atoms with Crippen molar-refractivity contribution in [1.82, 2.24) is 0 Å². The lowest BCUT2D eigenvalue weighted by atomic mass is 10.1. The molecule has 1 rings (SSSR count). The molecule has 0 amide bonds. The molecule has 0 unspecified atom stereocenters. The van der Waals surface area contributed by atoms with Crippen LogP contribution in [0.4, 0.5) is 5.69 Å². The number of benzene rings is 1. The molecule has 0 saturated heterocycles. The van der Waals surface area contributed by atoms with Crippen LogP contribution in [-0.4, -0.2) is 6.29 Å². The van der Waals surface area contributed by atoms with E-state index in [4.69, 9.17) is 17.3 Å². The van der Waals surface area contributed by atoms with Crippen molar-refractivity contribution >= 4 is 23.6 Å². The summed E-state index contributed by atoms with van der Waals surface area (Å²) in [4.78, 5) is 10.0. The van der Waals surface area contributed by atoms with E-state index in [0.717, 1.165) is 11.8 Å². The van der Waals surface area contributed by atoms with Gasteiger partial charge in [-0.1, -0.05) is 23.4 Å². The van der Waals surface area contributed by atoms with Crippen LogP contribution in [0.2, 0.25) is 5.02 Å². The molecular weight excluding hydrogens is 198 g/mol. The molecule has 0 saturated carbocycles. The summed E-state index contributed by atoms with van der Waals surface area (Å²) >= 11 is 5.91. The maximum absolute atomic E-state index is 10.0. The third kappa shape index (κ3) is 2.51. The molecule has 1 aromatic rings. The van der Waals surface area contributed by atoms with Crippen LogP contribution in [0.3, 0.4) is 0 Å². The number of rotatable bonds is 1. The lowest BCUT2D eigenvalue weighted by Crippen LogP contribution is -1.91. The first-order chi connectivity index (χ1) is 6.65. The first-order valence-electron chi connectivity index (χ1n) is 4.13. The van der Waals surface area contributed by atoms with Gasteiger partial charge in [0.2, 0.25) is 0 Å². The monoisotopic (exact) mass is 207 g/mol. The molecule has 0 heterocycles. The number of aryl methyl sites for hydroxylation is 1. The molecular formula is C11H10ClNO. The van der Waals surface area contributed by atoms with Gasteiger partial charge in [0, 0.05) is 11.3 Å². The van der Waals surface area contributed by atoms with Gasteiger partial charge in [-0.15, -0.1) is 0 Å². The van der Waals surface area contributed by atoms with E-state index in [9.17, 15) is 4.79 Å². The minimum Gasteiger partial charge on any atom is -0.398 e. The Labute approximate surface area is 88.1 Å². The molecule has 0 atom stereocenters. The van der Waals surface area contributed by atoms with Crippen LogP contribution in [0, 0.1) is 18.8 Å². The number of carbonyl (C=O) groups excluding carboxylic acids is 1. The molecule has 0 aromatic heterocycles. The molecule has 2 N–H and O–H groups in total. The number of nitrogens with two attached hydrogens (primary N) is 1. The van der Waals surface area contributed by atoms with E-state index in [0.29, 0.717) is 16.3 Å². The van der Waals surface area contributed by atoms with Crippen LogP contribution in [0.25, 0.3) is 0 Å². The molecule has 0 fully saturated rings. The molecule has 0 bridgehead atoms. The van der Waals surface area contributed by atoms with Gasteiger partial charge in [-0.2, -0.15) is 0 Å². The zero-order chi connectivity index (χ0) is 10.6. The van der Waals surface area contributed by atoms with Crippen molar-refractivity contribution in [2.24, 2.45) is 0 Å². The molecule has 0 aliphatic heterocycles. The summed E-state index contributed by atoms with van der Waals surface area (Å²) in [6.45, 7) is 1.89. The maximum Gasteiger partial charge on any atom is 0.131 e. The fourth-order valence-corrected chi connectivity index (χ4v) is 1.20. The Morgan fingerprint density at radius 2 is 2.29 bits per heavy atom. The predicted octanol–water partition coefficient (Wildman–Crippen LogP) is 2.17. The largest absolute Gasteiger partial charge is 0.398 e. The van der Waals surface area contributed by atoms with Gasteiger partial charge in [-0.3, -0.25) is 0 Å². The van der Waals surface area contributed by atoms with Crippen LogP contribution in [0.15, 0.2) is 12.1 Å². The van der Waals surface area contributed by atoms with Gasteiger partial charge < -0.3 is 10.5 Å². The predicted molar refractivity (Wildman–Crippen MR) is 58.2 cm³/mol. The molecule has 0 aliphatic carbocycles. The van der Waals surface area contributed by atoms with Crippen LogP contribution in [-0.2, 0) is 4.79 Å². The molecule has 1 aromatic carbocycles. The van der Waals surface area contributed by atoms with Gasteiger partial charge in [0.25, 0.3) is 0 Å². The Morgan fingerprint density at radius 3 is 2.93 bits per heavy atom. The lowest BCUT2D eigenvalue weighted by molar-refractivity contribution is -0.107. The Bertz CT molecular complexity index is 415. The highest BCUT2D eigenvalue weighted by Gasteiger charge is 2.00. The van der Waals surface area contributed by atoms with Crippen LogP contribution < -0.4 is 5.73 Å². The molecule has 14 heavy (non-hydrogen) atoms. The highest BCUT2D eigenvalue weighted by Crippen LogP contribution is 2.21. The summed E-state index contributed by atoms with van der Waals surface area (Å²) in [6, 6.07) is 3.48. The normalized spacial score (nSPS) is 9.00. The van der Waals surface area contributed by atoms with Crippen molar-refractivity contribution in [2.75, 3.05) is 5.73 Å². The van der Waals surface area contributed by atoms with Gasteiger partial charge in [0.05, 0.1) is 11.4 Å². The van der Waals surface area contributed by atoms with Crippen molar-refractivity contribution in [1.29, 1.82) is 0 Å².